The van der Waals surface area contributed by atoms with Gasteiger partial charge in [-0.3, -0.25) is 9.59 Å². The lowest BCUT2D eigenvalue weighted by Crippen LogP contribution is -2.57. The van der Waals surface area contributed by atoms with E-state index < -0.39 is 29.4 Å². The van der Waals surface area contributed by atoms with E-state index >= 15 is 0 Å². The van der Waals surface area contributed by atoms with Crippen LogP contribution in [0, 0.1) is 5.92 Å². The van der Waals surface area contributed by atoms with Crippen LogP contribution in [0.15, 0.2) is 0 Å². The van der Waals surface area contributed by atoms with Gasteiger partial charge >= 0.3 is 5.97 Å². The number of nitrogens with two attached hydrogens (primary N) is 2. The van der Waals surface area contributed by atoms with Gasteiger partial charge in [-0.2, -0.15) is 0 Å². The number of primary amides is 1. The molecule has 6 N–H and O–H groups in total. The van der Waals surface area contributed by atoms with E-state index in [1.165, 1.54) is 0 Å². The smallest absolute Gasteiger partial charge is 0.326 e. The molecule has 0 spiro atoms. The second-order valence-corrected chi connectivity index (χ2v) is 4.93. The zero-order valence-electron chi connectivity index (χ0n) is 10.3. The lowest BCUT2D eigenvalue weighted by Gasteiger charge is -2.25. The SMILES string of the molecule is CC(N)(C(=O)NC(CCC(N)=O)C(=O)O)C1CC1. The summed E-state index contributed by atoms with van der Waals surface area (Å²) in [7, 11) is 0. The Morgan fingerprint density at radius 2 is 2.00 bits per heavy atom. The van der Waals surface area contributed by atoms with Crippen LogP contribution in [0.5, 0.6) is 0 Å². The van der Waals surface area contributed by atoms with Crippen molar-refractivity contribution >= 4 is 17.8 Å². The fourth-order valence-corrected chi connectivity index (χ4v) is 1.73. The average molecular weight is 257 g/mol. The number of nitrogens with one attached hydrogen (secondary N) is 1. The number of carbonyl (C=O) groups excluding carboxylic acids is 2. The van der Waals surface area contributed by atoms with Crippen molar-refractivity contribution in [2.45, 2.75) is 44.2 Å². The van der Waals surface area contributed by atoms with Crippen LogP contribution >= 0.6 is 0 Å². The summed E-state index contributed by atoms with van der Waals surface area (Å²) < 4.78 is 0. The van der Waals surface area contributed by atoms with Crippen molar-refractivity contribution in [2.75, 3.05) is 0 Å². The second-order valence-electron chi connectivity index (χ2n) is 4.93. The zero-order valence-corrected chi connectivity index (χ0v) is 10.3. The molecule has 0 bridgehead atoms. The Labute approximate surface area is 105 Å². The summed E-state index contributed by atoms with van der Waals surface area (Å²) in [5, 5.41) is 11.3. The first-order valence-corrected chi connectivity index (χ1v) is 5.86. The molecule has 2 unspecified atom stereocenters. The molecule has 1 aliphatic carbocycles. The summed E-state index contributed by atoms with van der Waals surface area (Å²) in [6, 6.07) is -1.13. The monoisotopic (exact) mass is 257 g/mol. The van der Waals surface area contributed by atoms with Crippen molar-refractivity contribution in [3.63, 3.8) is 0 Å². The van der Waals surface area contributed by atoms with Crippen molar-refractivity contribution < 1.29 is 19.5 Å². The summed E-state index contributed by atoms with van der Waals surface area (Å²) in [6.45, 7) is 1.59. The number of hydrogen-bond donors (Lipinski definition) is 4. The Balaban J connectivity index is 2.57. The van der Waals surface area contributed by atoms with Crippen molar-refractivity contribution in [1.29, 1.82) is 0 Å². The molecule has 0 aromatic rings. The normalized spacial score (nSPS) is 19.7. The van der Waals surface area contributed by atoms with E-state index in [2.05, 4.69) is 5.32 Å². The topological polar surface area (TPSA) is 136 Å². The van der Waals surface area contributed by atoms with Crippen LogP contribution in [-0.4, -0.2) is 34.5 Å². The molecule has 0 aromatic carbocycles. The molecule has 0 saturated heterocycles. The molecule has 102 valence electrons. The molecule has 2 atom stereocenters. The largest absolute Gasteiger partial charge is 0.480 e. The number of hydrogen-bond acceptors (Lipinski definition) is 4. The number of amides is 2. The molecule has 7 nitrogen and oxygen atoms in total. The molecule has 18 heavy (non-hydrogen) atoms. The average Bonchev–Trinajstić information content (AvgIpc) is 3.06. The molecule has 7 heteroatoms. The highest BCUT2D eigenvalue weighted by Crippen LogP contribution is 2.38. The highest BCUT2D eigenvalue weighted by molar-refractivity contribution is 5.90. The Bertz CT molecular complexity index is 363. The molecule has 1 rings (SSSR count). The van der Waals surface area contributed by atoms with E-state index in [0.717, 1.165) is 12.8 Å². The highest BCUT2D eigenvalue weighted by atomic mass is 16.4. The number of rotatable bonds is 7. The lowest BCUT2D eigenvalue weighted by molar-refractivity contribution is -0.143. The van der Waals surface area contributed by atoms with Gasteiger partial charge < -0.3 is 21.9 Å². The van der Waals surface area contributed by atoms with Crippen LogP contribution in [0.2, 0.25) is 0 Å². The van der Waals surface area contributed by atoms with Gasteiger partial charge in [-0.15, -0.1) is 0 Å². The van der Waals surface area contributed by atoms with Crippen molar-refractivity contribution in [2.24, 2.45) is 17.4 Å². The summed E-state index contributed by atoms with van der Waals surface area (Å²) in [5.74, 6) is -2.20. The zero-order chi connectivity index (χ0) is 13.9. The fraction of sp³-hybridized carbons (Fsp3) is 0.727. The molecule has 1 fully saturated rings. The minimum Gasteiger partial charge on any atom is -0.480 e. The standard InChI is InChI=1S/C11H19N3O4/c1-11(13,6-2-3-6)10(18)14-7(9(16)17)4-5-8(12)15/h6-7H,2-5,13H2,1H3,(H2,12,15)(H,14,18)(H,16,17). The molecular formula is C11H19N3O4. The summed E-state index contributed by atoms with van der Waals surface area (Å²) in [4.78, 5) is 33.5. The van der Waals surface area contributed by atoms with Gasteiger partial charge in [-0.25, -0.2) is 4.79 Å². The number of aliphatic carboxylic acids is 1. The van der Waals surface area contributed by atoms with E-state index in [9.17, 15) is 14.4 Å². The Morgan fingerprint density at radius 3 is 2.39 bits per heavy atom. The predicted octanol–water partition coefficient (Wildman–Crippen LogP) is -1.05. The van der Waals surface area contributed by atoms with E-state index in [4.69, 9.17) is 16.6 Å². The lowest BCUT2D eigenvalue weighted by atomic mass is 9.95. The van der Waals surface area contributed by atoms with Gasteiger partial charge in [0, 0.05) is 6.42 Å². The highest BCUT2D eigenvalue weighted by Gasteiger charge is 2.44. The first kappa shape index (κ1) is 14.4. The Hall–Kier alpha value is -1.63. The van der Waals surface area contributed by atoms with E-state index in [0.29, 0.717) is 0 Å². The minimum absolute atomic E-state index is 0.0306. The molecule has 0 radical (unpaired) electrons. The summed E-state index contributed by atoms with van der Waals surface area (Å²) >= 11 is 0. The second kappa shape index (κ2) is 5.34. The molecule has 1 aliphatic rings. The van der Waals surface area contributed by atoms with Gasteiger partial charge in [0.25, 0.3) is 0 Å². The molecule has 2 amide bonds. The van der Waals surface area contributed by atoms with Gasteiger partial charge in [0.1, 0.15) is 6.04 Å². The summed E-state index contributed by atoms with van der Waals surface area (Å²) in [5.41, 5.74) is 9.76. The van der Waals surface area contributed by atoms with Crippen molar-refractivity contribution in [3.05, 3.63) is 0 Å². The van der Waals surface area contributed by atoms with E-state index in [1.807, 2.05) is 0 Å². The first-order chi connectivity index (χ1) is 8.25. The molecule has 0 heterocycles. The third kappa shape index (κ3) is 3.69. The predicted molar refractivity (Wildman–Crippen MR) is 63.3 cm³/mol. The van der Waals surface area contributed by atoms with Crippen LogP contribution < -0.4 is 16.8 Å². The number of carboxylic acids is 1. The van der Waals surface area contributed by atoms with Crippen LogP contribution in [-0.2, 0) is 14.4 Å². The Morgan fingerprint density at radius 1 is 1.44 bits per heavy atom. The number of carboxylic acid groups (broad SMARTS) is 1. The maximum Gasteiger partial charge on any atom is 0.326 e. The van der Waals surface area contributed by atoms with E-state index in [1.54, 1.807) is 6.92 Å². The minimum atomic E-state index is -1.20. The summed E-state index contributed by atoms with van der Waals surface area (Å²) in [6.07, 6.45) is 1.62. The third-order valence-electron chi connectivity index (χ3n) is 3.20. The Kier molecular flexibility index (Phi) is 4.28. The van der Waals surface area contributed by atoms with Crippen LogP contribution in [0.3, 0.4) is 0 Å². The quantitative estimate of drug-likeness (QED) is 0.461. The third-order valence-corrected chi connectivity index (χ3v) is 3.20. The molecular weight excluding hydrogens is 238 g/mol. The first-order valence-electron chi connectivity index (χ1n) is 5.86. The van der Waals surface area contributed by atoms with Crippen molar-refractivity contribution in [3.8, 4) is 0 Å². The molecule has 1 saturated carbocycles. The van der Waals surface area contributed by atoms with Gasteiger partial charge in [0.05, 0.1) is 5.54 Å². The van der Waals surface area contributed by atoms with Gasteiger partial charge in [-0.05, 0) is 32.1 Å². The molecule has 0 aromatic heterocycles. The van der Waals surface area contributed by atoms with Crippen LogP contribution in [0.1, 0.15) is 32.6 Å². The van der Waals surface area contributed by atoms with E-state index in [-0.39, 0.29) is 18.8 Å². The maximum absolute atomic E-state index is 11.9. The van der Waals surface area contributed by atoms with Crippen LogP contribution in [0.4, 0.5) is 0 Å². The van der Waals surface area contributed by atoms with Crippen LogP contribution in [0.25, 0.3) is 0 Å². The van der Waals surface area contributed by atoms with Gasteiger partial charge in [-0.1, -0.05) is 0 Å². The molecule has 0 aliphatic heterocycles. The fourth-order valence-electron chi connectivity index (χ4n) is 1.73. The maximum atomic E-state index is 11.9. The van der Waals surface area contributed by atoms with Crippen molar-refractivity contribution in [1.82, 2.24) is 5.32 Å². The van der Waals surface area contributed by atoms with Gasteiger partial charge in [0.2, 0.25) is 11.8 Å². The number of carbonyl (C=O) groups is 3. The van der Waals surface area contributed by atoms with Gasteiger partial charge in [0.15, 0.2) is 0 Å².